The van der Waals surface area contributed by atoms with Crippen LogP contribution < -0.4 is 16.0 Å². The zero-order chi connectivity index (χ0) is 11.8. The number of anilines is 1. The molecule has 0 aromatic carbocycles. The van der Waals surface area contributed by atoms with E-state index >= 15 is 0 Å². The van der Waals surface area contributed by atoms with Gasteiger partial charge in [0.1, 0.15) is 5.82 Å². The summed E-state index contributed by atoms with van der Waals surface area (Å²) in [6, 6.07) is 3.45. The van der Waals surface area contributed by atoms with Crippen molar-refractivity contribution in [2.24, 2.45) is 17.6 Å². The molecule has 1 amide bonds. The van der Waals surface area contributed by atoms with Gasteiger partial charge in [-0.3, -0.25) is 4.79 Å². The highest BCUT2D eigenvalue weighted by atomic mass is 16.1. The fraction of sp³-hybridized carbons (Fsp3) is 0.500. The summed E-state index contributed by atoms with van der Waals surface area (Å²) in [7, 11) is 0. The number of pyridine rings is 1. The molecule has 0 saturated carbocycles. The number of nitrogens with one attached hydrogen (secondary N) is 1. The molecule has 3 rings (SSSR count). The molecule has 2 saturated heterocycles. The van der Waals surface area contributed by atoms with Gasteiger partial charge in [0.05, 0.1) is 0 Å². The molecule has 90 valence electrons. The summed E-state index contributed by atoms with van der Waals surface area (Å²) < 4.78 is 0. The van der Waals surface area contributed by atoms with Crippen molar-refractivity contribution in [1.29, 1.82) is 0 Å². The topological polar surface area (TPSA) is 71.2 Å². The summed E-state index contributed by atoms with van der Waals surface area (Å²) in [6.45, 7) is 4.23. The highest BCUT2D eigenvalue weighted by Crippen LogP contribution is 2.29. The van der Waals surface area contributed by atoms with Crippen molar-refractivity contribution in [3.05, 3.63) is 23.9 Å². The van der Waals surface area contributed by atoms with Gasteiger partial charge < -0.3 is 16.0 Å². The maximum Gasteiger partial charge on any atom is 0.248 e. The summed E-state index contributed by atoms with van der Waals surface area (Å²) >= 11 is 0. The summed E-state index contributed by atoms with van der Waals surface area (Å²) in [6.07, 6.45) is 1.65. The number of hydrogen-bond acceptors (Lipinski definition) is 4. The second-order valence-corrected chi connectivity index (χ2v) is 4.85. The first kappa shape index (κ1) is 10.5. The first-order valence-electron chi connectivity index (χ1n) is 5.95. The van der Waals surface area contributed by atoms with Crippen molar-refractivity contribution in [2.45, 2.75) is 0 Å². The molecule has 5 heteroatoms. The number of carbonyl (C=O) groups excluding carboxylic acids is 1. The summed E-state index contributed by atoms with van der Waals surface area (Å²) in [5, 5.41) is 3.40. The molecule has 2 atom stereocenters. The zero-order valence-corrected chi connectivity index (χ0v) is 9.60. The van der Waals surface area contributed by atoms with Gasteiger partial charge in [-0.2, -0.15) is 0 Å². The third-order valence-electron chi connectivity index (χ3n) is 3.74. The second kappa shape index (κ2) is 4.00. The monoisotopic (exact) mass is 232 g/mol. The zero-order valence-electron chi connectivity index (χ0n) is 9.60. The van der Waals surface area contributed by atoms with Crippen LogP contribution in [-0.4, -0.2) is 37.1 Å². The Bertz CT molecular complexity index is 436. The van der Waals surface area contributed by atoms with E-state index in [2.05, 4.69) is 15.2 Å². The van der Waals surface area contributed by atoms with Gasteiger partial charge in [-0.05, 0) is 24.0 Å². The van der Waals surface area contributed by atoms with Gasteiger partial charge in [-0.15, -0.1) is 0 Å². The lowest BCUT2D eigenvalue weighted by Crippen LogP contribution is -2.26. The van der Waals surface area contributed by atoms with Crippen LogP contribution in [0.4, 0.5) is 5.82 Å². The number of fused-ring (bicyclic) bond motifs is 1. The lowest BCUT2D eigenvalue weighted by atomic mass is 10.0. The van der Waals surface area contributed by atoms with E-state index in [9.17, 15) is 4.79 Å². The van der Waals surface area contributed by atoms with E-state index in [0.717, 1.165) is 32.0 Å². The maximum atomic E-state index is 11.1. The number of carbonyl (C=O) groups is 1. The molecule has 17 heavy (non-hydrogen) atoms. The van der Waals surface area contributed by atoms with Gasteiger partial charge in [0.2, 0.25) is 5.91 Å². The van der Waals surface area contributed by atoms with Gasteiger partial charge in [0.25, 0.3) is 0 Å². The normalized spacial score (nSPS) is 27.2. The molecule has 5 nitrogen and oxygen atoms in total. The Morgan fingerprint density at radius 3 is 2.76 bits per heavy atom. The number of nitrogens with zero attached hydrogens (tertiary/aromatic N) is 2. The molecule has 0 radical (unpaired) electrons. The number of amides is 1. The average Bonchev–Trinajstić information content (AvgIpc) is 2.89. The minimum atomic E-state index is -0.394. The molecule has 2 aliphatic rings. The molecule has 0 spiro atoms. The van der Waals surface area contributed by atoms with Crippen LogP contribution in [0, 0.1) is 11.8 Å². The van der Waals surface area contributed by atoms with E-state index in [1.54, 1.807) is 18.3 Å². The van der Waals surface area contributed by atoms with Gasteiger partial charge in [-0.25, -0.2) is 4.98 Å². The Labute approximate surface area is 100 Å². The molecule has 1 aromatic rings. The number of aromatic nitrogens is 1. The molecule has 2 unspecified atom stereocenters. The molecule has 3 N–H and O–H groups in total. The number of rotatable bonds is 2. The first-order chi connectivity index (χ1) is 8.24. The van der Waals surface area contributed by atoms with E-state index in [0.29, 0.717) is 17.4 Å². The van der Waals surface area contributed by atoms with Gasteiger partial charge in [0.15, 0.2) is 0 Å². The van der Waals surface area contributed by atoms with Crippen molar-refractivity contribution in [1.82, 2.24) is 10.3 Å². The Morgan fingerprint density at radius 2 is 2.12 bits per heavy atom. The van der Waals surface area contributed by atoms with E-state index < -0.39 is 5.91 Å². The molecule has 0 bridgehead atoms. The number of primary amides is 1. The second-order valence-electron chi connectivity index (χ2n) is 4.85. The van der Waals surface area contributed by atoms with Gasteiger partial charge >= 0.3 is 0 Å². The lowest BCUT2D eigenvalue weighted by molar-refractivity contribution is 0.1000. The number of nitrogens with two attached hydrogens (primary N) is 1. The van der Waals surface area contributed by atoms with Crippen LogP contribution in [0.15, 0.2) is 18.3 Å². The van der Waals surface area contributed by atoms with Crippen molar-refractivity contribution < 1.29 is 4.79 Å². The van der Waals surface area contributed by atoms with Crippen LogP contribution in [0.3, 0.4) is 0 Å². The molecule has 1 aromatic heterocycles. The average molecular weight is 232 g/mol. The fourth-order valence-corrected chi connectivity index (χ4v) is 2.79. The van der Waals surface area contributed by atoms with Crippen LogP contribution >= 0.6 is 0 Å². The van der Waals surface area contributed by atoms with E-state index in [4.69, 9.17) is 5.73 Å². The van der Waals surface area contributed by atoms with Crippen LogP contribution in [-0.2, 0) is 0 Å². The van der Waals surface area contributed by atoms with Crippen molar-refractivity contribution in [3.8, 4) is 0 Å². The lowest BCUT2D eigenvalue weighted by Gasteiger charge is -2.18. The fourth-order valence-electron chi connectivity index (χ4n) is 2.79. The predicted molar refractivity (Wildman–Crippen MR) is 64.8 cm³/mol. The SMILES string of the molecule is NC(=O)c1ccnc(N2CC3CNCC3C2)c1. The van der Waals surface area contributed by atoms with E-state index in [1.807, 2.05) is 0 Å². The predicted octanol–water partition coefficient (Wildman–Crippen LogP) is -0.164. The summed E-state index contributed by atoms with van der Waals surface area (Å²) in [5.74, 6) is 1.91. The molecule has 2 fully saturated rings. The van der Waals surface area contributed by atoms with Crippen LogP contribution in [0.1, 0.15) is 10.4 Å². The Hall–Kier alpha value is -1.62. The number of hydrogen-bond donors (Lipinski definition) is 2. The highest BCUT2D eigenvalue weighted by molar-refractivity contribution is 5.93. The smallest absolute Gasteiger partial charge is 0.248 e. The molecular weight excluding hydrogens is 216 g/mol. The Morgan fingerprint density at radius 1 is 1.41 bits per heavy atom. The van der Waals surface area contributed by atoms with Crippen molar-refractivity contribution in [3.63, 3.8) is 0 Å². The van der Waals surface area contributed by atoms with Crippen LogP contribution in [0.5, 0.6) is 0 Å². The molecule has 0 aliphatic carbocycles. The molecule has 3 heterocycles. The quantitative estimate of drug-likeness (QED) is 0.743. The Balaban J connectivity index is 1.81. The van der Waals surface area contributed by atoms with Crippen molar-refractivity contribution in [2.75, 3.05) is 31.1 Å². The van der Waals surface area contributed by atoms with Crippen LogP contribution in [0.25, 0.3) is 0 Å². The molecule has 2 aliphatic heterocycles. The third-order valence-corrected chi connectivity index (χ3v) is 3.74. The van der Waals surface area contributed by atoms with Crippen LogP contribution in [0.2, 0.25) is 0 Å². The summed E-state index contributed by atoms with van der Waals surface area (Å²) in [5.41, 5.74) is 5.81. The summed E-state index contributed by atoms with van der Waals surface area (Å²) in [4.78, 5) is 17.7. The highest BCUT2D eigenvalue weighted by Gasteiger charge is 2.36. The van der Waals surface area contributed by atoms with E-state index in [1.165, 1.54) is 0 Å². The first-order valence-corrected chi connectivity index (χ1v) is 5.95. The largest absolute Gasteiger partial charge is 0.366 e. The Kier molecular flexibility index (Phi) is 2.48. The maximum absolute atomic E-state index is 11.1. The molecular formula is C12H16N4O. The van der Waals surface area contributed by atoms with Gasteiger partial charge in [-0.1, -0.05) is 0 Å². The van der Waals surface area contributed by atoms with E-state index in [-0.39, 0.29) is 0 Å². The van der Waals surface area contributed by atoms with Crippen molar-refractivity contribution >= 4 is 11.7 Å². The third kappa shape index (κ3) is 1.86. The standard InChI is InChI=1S/C12H16N4O/c13-12(17)8-1-2-15-11(3-8)16-6-9-4-14-5-10(9)7-16/h1-3,9-10,14H,4-7H2,(H2,13,17). The minimum absolute atomic E-state index is 0.394. The minimum Gasteiger partial charge on any atom is -0.366 e. The van der Waals surface area contributed by atoms with Gasteiger partial charge in [0, 0.05) is 37.9 Å².